The second-order valence-electron chi connectivity index (χ2n) is 4.09. The van der Waals surface area contributed by atoms with Crippen molar-refractivity contribution < 1.29 is 14.3 Å². The van der Waals surface area contributed by atoms with E-state index in [0.29, 0.717) is 12.5 Å². The summed E-state index contributed by atoms with van der Waals surface area (Å²) in [4.78, 5) is 15.1. The molecule has 1 amide bonds. The monoisotopic (exact) mass is 224 g/mol. The number of nitrogens with one attached hydrogen (secondary N) is 1. The van der Waals surface area contributed by atoms with Crippen molar-refractivity contribution in [1.29, 1.82) is 0 Å². The number of hydrogen-bond acceptors (Lipinski definition) is 3. The second-order valence-corrected chi connectivity index (χ2v) is 4.09. The molecule has 1 fully saturated rings. The molecule has 4 nitrogen and oxygen atoms in total. The van der Waals surface area contributed by atoms with Gasteiger partial charge in [0.25, 0.3) is 5.91 Å². The minimum absolute atomic E-state index is 0.222. The molecule has 0 atom stereocenters. The van der Waals surface area contributed by atoms with Crippen LogP contribution in [0.3, 0.4) is 0 Å². The first-order valence-electron chi connectivity index (χ1n) is 5.22. The fraction of sp³-hybridized carbons (Fsp3) is 0.455. The van der Waals surface area contributed by atoms with Crippen molar-refractivity contribution in [3.05, 3.63) is 29.8 Å². The van der Waals surface area contributed by atoms with Crippen LogP contribution in [0.15, 0.2) is 18.5 Å². The zero-order chi connectivity index (χ0) is 11.5. The van der Waals surface area contributed by atoms with Crippen LogP contribution in [-0.2, 0) is 0 Å². The Bertz CT molecular complexity index is 391. The summed E-state index contributed by atoms with van der Waals surface area (Å²) < 4.78 is 12.8. The number of carbonyl (C=O) groups excluding carboxylic acids is 1. The number of carbonyl (C=O) groups is 1. The van der Waals surface area contributed by atoms with Gasteiger partial charge in [-0.15, -0.1) is 0 Å². The zero-order valence-corrected chi connectivity index (χ0v) is 8.69. The Morgan fingerprint density at radius 2 is 2.31 bits per heavy atom. The molecule has 1 aromatic heterocycles. The number of rotatable bonds is 3. The van der Waals surface area contributed by atoms with E-state index in [-0.39, 0.29) is 17.6 Å². The lowest BCUT2D eigenvalue weighted by Crippen LogP contribution is -2.38. The molecule has 1 aliphatic carbocycles. The zero-order valence-electron chi connectivity index (χ0n) is 8.69. The van der Waals surface area contributed by atoms with Gasteiger partial charge in [0.05, 0.1) is 17.9 Å². The van der Waals surface area contributed by atoms with E-state index >= 15 is 0 Å². The maximum Gasteiger partial charge on any atom is 0.252 e. The molecular weight excluding hydrogens is 211 g/mol. The van der Waals surface area contributed by atoms with Gasteiger partial charge in [-0.3, -0.25) is 9.78 Å². The van der Waals surface area contributed by atoms with Gasteiger partial charge in [0.2, 0.25) is 0 Å². The molecule has 1 saturated carbocycles. The van der Waals surface area contributed by atoms with E-state index in [0.717, 1.165) is 25.1 Å². The van der Waals surface area contributed by atoms with Gasteiger partial charge in [0.1, 0.15) is 5.82 Å². The van der Waals surface area contributed by atoms with Crippen LogP contribution in [0.4, 0.5) is 4.39 Å². The molecular formula is C11H13FN2O2. The number of nitrogens with zero attached hydrogens (tertiary/aromatic N) is 1. The van der Waals surface area contributed by atoms with Crippen molar-refractivity contribution >= 4 is 5.91 Å². The smallest absolute Gasteiger partial charge is 0.252 e. The van der Waals surface area contributed by atoms with Crippen LogP contribution in [0.1, 0.15) is 23.2 Å². The minimum Gasteiger partial charge on any atom is -0.393 e. The first kappa shape index (κ1) is 11.0. The molecule has 2 N–H and O–H groups in total. The van der Waals surface area contributed by atoms with E-state index in [4.69, 9.17) is 5.11 Å². The summed E-state index contributed by atoms with van der Waals surface area (Å²) in [5, 5.41) is 11.8. The number of aromatic nitrogens is 1. The molecule has 16 heavy (non-hydrogen) atoms. The molecule has 0 aliphatic heterocycles. The van der Waals surface area contributed by atoms with E-state index in [1.807, 2.05) is 0 Å². The van der Waals surface area contributed by atoms with Crippen molar-refractivity contribution in [2.24, 2.45) is 5.92 Å². The molecule has 0 aromatic carbocycles. The second kappa shape index (κ2) is 4.57. The van der Waals surface area contributed by atoms with E-state index in [1.165, 1.54) is 6.20 Å². The predicted molar refractivity (Wildman–Crippen MR) is 55.3 cm³/mol. The van der Waals surface area contributed by atoms with Gasteiger partial charge in [-0.1, -0.05) is 0 Å². The lowest BCUT2D eigenvalue weighted by atomic mass is 9.82. The molecule has 0 unspecified atom stereocenters. The Morgan fingerprint density at radius 3 is 2.94 bits per heavy atom. The molecule has 2 rings (SSSR count). The minimum atomic E-state index is -0.522. The van der Waals surface area contributed by atoms with Gasteiger partial charge >= 0.3 is 0 Å². The standard InChI is InChI=1S/C11H13FN2O2/c12-9-3-8(5-13-6-9)11(16)14-4-7-1-10(15)2-7/h3,5-7,10,15H,1-2,4H2,(H,14,16). The molecule has 1 heterocycles. The Hall–Kier alpha value is -1.49. The highest BCUT2D eigenvalue weighted by Gasteiger charge is 2.27. The van der Waals surface area contributed by atoms with Crippen LogP contribution in [0, 0.1) is 11.7 Å². The highest BCUT2D eigenvalue weighted by molar-refractivity contribution is 5.93. The van der Waals surface area contributed by atoms with Crippen molar-refractivity contribution in [3.8, 4) is 0 Å². The van der Waals surface area contributed by atoms with Gasteiger partial charge in [0, 0.05) is 12.7 Å². The molecule has 5 heteroatoms. The van der Waals surface area contributed by atoms with Gasteiger partial charge in [-0.25, -0.2) is 4.39 Å². The first-order chi connectivity index (χ1) is 7.65. The van der Waals surface area contributed by atoms with Crippen molar-refractivity contribution in [2.75, 3.05) is 6.54 Å². The molecule has 0 bridgehead atoms. The van der Waals surface area contributed by atoms with E-state index in [1.54, 1.807) is 0 Å². The highest BCUT2D eigenvalue weighted by atomic mass is 19.1. The Labute approximate surface area is 92.5 Å². The van der Waals surface area contributed by atoms with E-state index in [2.05, 4.69) is 10.3 Å². The van der Waals surface area contributed by atoms with Crippen molar-refractivity contribution in [2.45, 2.75) is 18.9 Å². The Balaban J connectivity index is 1.84. The van der Waals surface area contributed by atoms with Crippen molar-refractivity contribution in [1.82, 2.24) is 10.3 Å². The topological polar surface area (TPSA) is 62.2 Å². The average molecular weight is 224 g/mol. The number of pyridine rings is 1. The predicted octanol–water partition coefficient (Wildman–Crippen LogP) is 0.721. The largest absolute Gasteiger partial charge is 0.393 e. The van der Waals surface area contributed by atoms with Crippen LogP contribution in [0.5, 0.6) is 0 Å². The summed E-state index contributed by atoms with van der Waals surface area (Å²) in [6.45, 7) is 0.520. The summed E-state index contributed by atoms with van der Waals surface area (Å²) in [6.07, 6.45) is 3.61. The number of aliphatic hydroxyl groups is 1. The molecule has 0 spiro atoms. The SMILES string of the molecule is O=C(NCC1CC(O)C1)c1cncc(F)c1. The molecule has 1 aromatic rings. The Morgan fingerprint density at radius 1 is 1.56 bits per heavy atom. The van der Waals surface area contributed by atoms with Gasteiger partial charge < -0.3 is 10.4 Å². The molecule has 0 radical (unpaired) electrons. The maximum atomic E-state index is 12.8. The highest BCUT2D eigenvalue weighted by Crippen LogP contribution is 2.26. The van der Waals surface area contributed by atoms with Gasteiger partial charge in [-0.2, -0.15) is 0 Å². The van der Waals surface area contributed by atoms with E-state index in [9.17, 15) is 9.18 Å². The van der Waals surface area contributed by atoms with Crippen LogP contribution >= 0.6 is 0 Å². The maximum absolute atomic E-state index is 12.8. The molecule has 1 aliphatic rings. The summed E-state index contributed by atoms with van der Waals surface area (Å²) in [5.41, 5.74) is 0.222. The summed E-state index contributed by atoms with van der Waals surface area (Å²) in [7, 11) is 0. The molecule has 86 valence electrons. The average Bonchev–Trinajstić information content (AvgIpc) is 2.22. The summed E-state index contributed by atoms with van der Waals surface area (Å²) in [6, 6.07) is 1.15. The third-order valence-electron chi connectivity index (χ3n) is 2.73. The number of halogens is 1. The summed E-state index contributed by atoms with van der Waals surface area (Å²) >= 11 is 0. The van der Waals surface area contributed by atoms with Crippen LogP contribution < -0.4 is 5.32 Å². The number of aliphatic hydroxyl groups excluding tert-OH is 1. The van der Waals surface area contributed by atoms with Gasteiger partial charge in [0.15, 0.2) is 0 Å². The van der Waals surface area contributed by atoms with Crippen LogP contribution in [0.2, 0.25) is 0 Å². The van der Waals surface area contributed by atoms with Gasteiger partial charge in [-0.05, 0) is 24.8 Å². The van der Waals surface area contributed by atoms with Crippen LogP contribution in [0.25, 0.3) is 0 Å². The van der Waals surface area contributed by atoms with Crippen LogP contribution in [-0.4, -0.2) is 28.6 Å². The first-order valence-corrected chi connectivity index (χ1v) is 5.22. The lowest BCUT2D eigenvalue weighted by Gasteiger charge is -2.31. The fourth-order valence-electron chi connectivity index (χ4n) is 1.74. The number of amides is 1. The third kappa shape index (κ3) is 2.55. The lowest BCUT2D eigenvalue weighted by molar-refractivity contribution is 0.0420. The van der Waals surface area contributed by atoms with E-state index < -0.39 is 5.82 Å². The molecule has 0 saturated heterocycles. The Kier molecular flexibility index (Phi) is 3.14. The quantitative estimate of drug-likeness (QED) is 0.795. The third-order valence-corrected chi connectivity index (χ3v) is 2.73. The summed E-state index contributed by atoms with van der Waals surface area (Å²) in [5.74, 6) is -0.513. The normalized spacial score (nSPS) is 23.6. The number of hydrogen-bond donors (Lipinski definition) is 2. The fourth-order valence-corrected chi connectivity index (χ4v) is 1.74. The van der Waals surface area contributed by atoms with Crippen molar-refractivity contribution in [3.63, 3.8) is 0 Å².